The number of hydrogen-bond donors (Lipinski definition) is 1. The molecule has 0 fully saturated rings. The Bertz CT molecular complexity index is 1100. The highest BCUT2D eigenvalue weighted by atomic mass is 79.9. The summed E-state index contributed by atoms with van der Waals surface area (Å²) in [6.07, 6.45) is 0. The molecule has 0 saturated carbocycles. The second kappa shape index (κ2) is 7.87. The van der Waals surface area contributed by atoms with E-state index < -0.39 is 0 Å². The lowest BCUT2D eigenvalue weighted by atomic mass is 9.95. The highest BCUT2D eigenvalue weighted by molar-refractivity contribution is 9.10. The molecule has 0 bridgehead atoms. The number of hydrogen-bond acceptors (Lipinski definition) is 2. The van der Waals surface area contributed by atoms with Gasteiger partial charge in [-0.05, 0) is 28.8 Å². The number of carbonyl (C=O) groups excluding carboxylic acids is 1. The number of esters is 1. The van der Waals surface area contributed by atoms with Crippen molar-refractivity contribution in [3.05, 3.63) is 95.0 Å². The SMILES string of the molecule is COC(=O)c1c(-c2ccccc2)[nH]c(-c2ccccc2)c1-c1ccc(Br)cc1. The molecule has 1 N–H and O–H groups in total. The molecule has 0 aliphatic carbocycles. The molecule has 28 heavy (non-hydrogen) atoms. The summed E-state index contributed by atoms with van der Waals surface area (Å²) in [6, 6.07) is 27.8. The molecule has 4 aromatic rings. The zero-order chi connectivity index (χ0) is 19.5. The summed E-state index contributed by atoms with van der Waals surface area (Å²) in [5.74, 6) is -0.366. The molecular weight excluding hydrogens is 414 g/mol. The first-order valence-corrected chi connectivity index (χ1v) is 9.69. The zero-order valence-corrected chi connectivity index (χ0v) is 16.9. The van der Waals surface area contributed by atoms with Crippen LogP contribution in [0, 0.1) is 0 Å². The Morgan fingerprint density at radius 2 is 1.29 bits per heavy atom. The van der Waals surface area contributed by atoms with Gasteiger partial charge >= 0.3 is 5.97 Å². The number of halogens is 1. The van der Waals surface area contributed by atoms with Gasteiger partial charge in [0.15, 0.2) is 0 Å². The molecule has 0 spiro atoms. The Hall–Kier alpha value is -3.11. The summed E-state index contributed by atoms with van der Waals surface area (Å²) in [7, 11) is 1.41. The van der Waals surface area contributed by atoms with Crippen molar-refractivity contribution in [3.63, 3.8) is 0 Å². The number of aromatic amines is 1. The Morgan fingerprint density at radius 1 is 0.750 bits per heavy atom. The number of benzene rings is 3. The molecule has 0 saturated heterocycles. The minimum absolute atomic E-state index is 0.366. The highest BCUT2D eigenvalue weighted by Gasteiger charge is 2.26. The lowest BCUT2D eigenvalue weighted by Crippen LogP contribution is -2.03. The number of methoxy groups -OCH3 is 1. The lowest BCUT2D eigenvalue weighted by Gasteiger charge is -2.08. The Morgan fingerprint density at radius 3 is 1.82 bits per heavy atom. The van der Waals surface area contributed by atoms with Crippen LogP contribution in [0.1, 0.15) is 10.4 Å². The quantitative estimate of drug-likeness (QED) is 0.371. The van der Waals surface area contributed by atoms with Crippen LogP contribution in [0.5, 0.6) is 0 Å². The molecule has 0 atom stereocenters. The predicted octanol–water partition coefficient (Wildman–Crippen LogP) is 6.56. The molecule has 3 nitrogen and oxygen atoms in total. The molecular formula is C24H18BrNO2. The number of H-pyrrole nitrogens is 1. The van der Waals surface area contributed by atoms with Crippen LogP contribution >= 0.6 is 15.9 Å². The Labute approximate surface area is 172 Å². The van der Waals surface area contributed by atoms with E-state index in [0.717, 1.165) is 38.1 Å². The third kappa shape index (κ3) is 3.39. The molecule has 4 heteroatoms. The molecule has 138 valence electrons. The van der Waals surface area contributed by atoms with Gasteiger partial charge in [0, 0.05) is 10.0 Å². The van der Waals surface area contributed by atoms with Crippen LogP contribution in [-0.2, 0) is 4.74 Å². The van der Waals surface area contributed by atoms with Crippen LogP contribution < -0.4 is 0 Å². The van der Waals surface area contributed by atoms with Crippen molar-refractivity contribution < 1.29 is 9.53 Å². The van der Waals surface area contributed by atoms with Crippen molar-refractivity contribution >= 4 is 21.9 Å². The van der Waals surface area contributed by atoms with E-state index in [2.05, 4.69) is 20.9 Å². The summed E-state index contributed by atoms with van der Waals surface area (Å²) in [4.78, 5) is 16.4. The van der Waals surface area contributed by atoms with Gasteiger partial charge in [-0.25, -0.2) is 4.79 Å². The van der Waals surface area contributed by atoms with Gasteiger partial charge in [0.1, 0.15) is 0 Å². The van der Waals surface area contributed by atoms with Crippen LogP contribution in [0.15, 0.2) is 89.4 Å². The fourth-order valence-corrected chi connectivity index (χ4v) is 3.62. The summed E-state index contributed by atoms with van der Waals surface area (Å²) < 4.78 is 6.15. The molecule has 0 radical (unpaired) electrons. The molecule has 3 aromatic carbocycles. The van der Waals surface area contributed by atoms with Gasteiger partial charge in [-0.3, -0.25) is 0 Å². The molecule has 0 aliphatic heterocycles. The summed E-state index contributed by atoms with van der Waals surface area (Å²) in [5.41, 5.74) is 5.91. The fraction of sp³-hybridized carbons (Fsp3) is 0.0417. The van der Waals surface area contributed by atoms with Gasteiger partial charge in [-0.15, -0.1) is 0 Å². The van der Waals surface area contributed by atoms with E-state index in [0.29, 0.717) is 5.56 Å². The average molecular weight is 432 g/mol. The van der Waals surface area contributed by atoms with Crippen molar-refractivity contribution in [2.45, 2.75) is 0 Å². The minimum atomic E-state index is -0.366. The van der Waals surface area contributed by atoms with Crippen LogP contribution in [0.25, 0.3) is 33.6 Å². The third-order valence-electron chi connectivity index (χ3n) is 4.65. The fourth-order valence-electron chi connectivity index (χ4n) is 3.35. The third-order valence-corrected chi connectivity index (χ3v) is 5.18. The van der Waals surface area contributed by atoms with Gasteiger partial charge in [-0.1, -0.05) is 88.7 Å². The zero-order valence-electron chi connectivity index (χ0n) is 15.3. The van der Waals surface area contributed by atoms with Crippen molar-refractivity contribution in [1.29, 1.82) is 0 Å². The highest BCUT2D eigenvalue weighted by Crippen LogP contribution is 2.41. The average Bonchev–Trinajstić information content (AvgIpc) is 3.15. The molecule has 0 unspecified atom stereocenters. The Kier molecular flexibility index (Phi) is 5.13. The maximum atomic E-state index is 12.9. The largest absolute Gasteiger partial charge is 0.465 e. The van der Waals surface area contributed by atoms with E-state index in [9.17, 15) is 4.79 Å². The minimum Gasteiger partial charge on any atom is -0.465 e. The molecule has 0 amide bonds. The number of ether oxygens (including phenoxy) is 1. The number of nitrogens with one attached hydrogen (secondary N) is 1. The van der Waals surface area contributed by atoms with Crippen molar-refractivity contribution in [2.24, 2.45) is 0 Å². The first-order chi connectivity index (χ1) is 13.7. The van der Waals surface area contributed by atoms with Gasteiger partial charge < -0.3 is 9.72 Å². The standard InChI is InChI=1S/C24H18BrNO2/c1-28-24(27)21-20(16-12-14-19(25)15-13-16)22(17-8-4-2-5-9-17)26-23(21)18-10-6-3-7-11-18/h2-15,26H,1H3. The topological polar surface area (TPSA) is 42.1 Å². The number of carbonyl (C=O) groups is 1. The number of rotatable bonds is 4. The second-order valence-corrected chi connectivity index (χ2v) is 7.27. The van der Waals surface area contributed by atoms with Gasteiger partial charge in [0.2, 0.25) is 0 Å². The summed E-state index contributed by atoms with van der Waals surface area (Å²) in [5, 5.41) is 0. The van der Waals surface area contributed by atoms with Gasteiger partial charge in [0.05, 0.1) is 24.1 Å². The maximum absolute atomic E-state index is 12.9. The van der Waals surface area contributed by atoms with Crippen molar-refractivity contribution in [3.8, 4) is 33.6 Å². The predicted molar refractivity (Wildman–Crippen MR) is 116 cm³/mol. The van der Waals surface area contributed by atoms with Crippen LogP contribution in [0.4, 0.5) is 0 Å². The van der Waals surface area contributed by atoms with Crippen molar-refractivity contribution in [1.82, 2.24) is 4.98 Å². The van der Waals surface area contributed by atoms with Gasteiger partial charge in [-0.2, -0.15) is 0 Å². The smallest absolute Gasteiger partial charge is 0.340 e. The van der Waals surface area contributed by atoms with Crippen LogP contribution in [-0.4, -0.2) is 18.1 Å². The first kappa shape index (κ1) is 18.3. The van der Waals surface area contributed by atoms with E-state index >= 15 is 0 Å². The monoisotopic (exact) mass is 431 g/mol. The molecule has 4 rings (SSSR count). The number of aromatic nitrogens is 1. The molecule has 0 aliphatic rings. The van der Waals surface area contributed by atoms with Crippen molar-refractivity contribution in [2.75, 3.05) is 7.11 Å². The normalized spacial score (nSPS) is 10.6. The first-order valence-electron chi connectivity index (χ1n) is 8.90. The molecule has 1 heterocycles. The lowest BCUT2D eigenvalue weighted by molar-refractivity contribution is 0.0602. The van der Waals surface area contributed by atoms with E-state index in [-0.39, 0.29) is 5.97 Å². The second-order valence-electron chi connectivity index (χ2n) is 6.36. The van der Waals surface area contributed by atoms with E-state index in [1.165, 1.54) is 7.11 Å². The summed E-state index contributed by atoms with van der Waals surface area (Å²) >= 11 is 3.49. The van der Waals surface area contributed by atoms with E-state index in [1.54, 1.807) is 0 Å². The Balaban J connectivity index is 2.07. The van der Waals surface area contributed by atoms with Crippen LogP contribution in [0.3, 0.4) is 0 Å². The summed E-state index contributed by atoms with van der Waals surface area (Å²) in [6.45, 7) is 0. The van der Waals surface area contributed by atoms with E-state index in [4.69, 9.17) is 4.74 Å². The van der Waals surface area contributed by atoms with Gasteiger partial charge in [0.25, 0.3) is 0 Å². The molecule has 1 aromatic heterocycles. The van der Waals surface area contributed by atoms with Crippen LogP contribution in [0.2, 0.25) is 0 Å². The van der Waals surface area contributed by atoms with E-state index in [1.807, 2.05) is 84.9 Å². The maximum Gasteiger partial charge on any atom is 0.340 e.